The molecule has 0 amide bonds. The van der Waals surface area contributed by atoms with Gasteiger partial charge in [-0.3, -0.25) is 4.90 Å². The van der Waals surface area contributed by atoms with Gasteiger partial charge < -0.3 is 0 Å². The maximum atomic E-state index is 4.11. The number of hydrogen-bond donors (Lipinski definition) is 0. The summed E-state index contributed by atoms with van der Waals surface area (Å²) < 4.78 is 1.92. The van der Waals surface area contributed by atoms with Crippen molar-refractivity contribution in [2.24, 2.45) is 5.92 Å². The molecule has 0 spiro atoms. The van der Waals surface area contributed by atoms with E-state index in [1.807, 2.05) is 4.68 Å². The first kappa shape index (κ1) is 12.5. The average molecular weight is 237 g/mol. The van der Waals surface area contributed by atoms with Crippen molar-refractivity contribution in [2.75, 3.05) is 13.6 Å². The minimum atomic E-state index is 0.865. The highest BCUT2D eigenvalue weighted by molar-refractivity contribution is 4.81. The van der Waals surface area contributed by atoms with Crippen LogP contribution >= 0.6 is 0 Å². The fourth-order valence-corrected chi connectivity index (χ4v) is 2.66. The van der Waals surface area contributed by atoms with Crippen LogP contribution in [0.5, 0.6) is 0 Å². The van der Waals surface area contributed by atoms with E-state index < -0.39 is 0 Å². The summed E-state index contributed by atoms with van der Waals surface area (Å²) in [6.07, 6.45) is 6.68. The molecule has 1 aromatic rings. The van der Waals surface area contributed by atoms with Crippen LogP contribution in [0, 0.1) is 5.92 Å². The van der Waals surface area contributed by atoms with Gasteiger partial charge in [-0.1, -0.05) is 19.8 Å². The lowest BCUT2D eigenvalue weighted by molar-refractivity contribution is 0.260. The molecular weight excluding hydrogens is 214 g/mol. The zero-order valence-electron chi connectivity index (χ0n) is 11.0. The minimum absolute atomic E-state index is 0.865. The number of hydrogen-bond acceptors (Lipinski definition) is 4. The van der Waals surface area contributed by atoms with Crippen molar-refractivity contribution in [3.63, 3.8) is 0 Å². The lowest BCUT2D eigenvalue weighted by Crippen LogP contribution is -2.26. The van der Waals surface area contributed by atoms with Crippen LogP contribution in [0.4, 0.5) is 0 Å². The molecule has 1 saturated carbocycles. The third kappa shape index (κ3) is 3.49. The molecule has 5 heteroatoms. The van der Waals surface area contributed by atoms with Crippen LogP contribution in [0.15, 0.2) is 0 Å². The predicted molar refractivity (Wildman–Crippen MR) is 66.4 cm³/mol. The number of nitrogens with zero attached hydrogens (tertiary/aromatic N) is 5. The molecule has 0 radical (unpaired) electrons. The average Bonchev–Trinajstić information content (AvgIpc) is 2.92. The summed E-state index contributed by atoms with van der Waals surface area (Å²) >= 11 is 0. The molecule has 1 aliphatic carbocycles. The molecule has 1 aliphatic rings. The van der Waals surface area contributed by atoms with Gasteiger partial charge in [0, 0.05) is 13.1 Å². The van der Waals surface area contributed by atoms with Gasteiger partial charge in [-0.2, -0.15) is 0 Å². The molecule has 0 atom stereocenters. The Bertz CT molecular complexity index is 329. The third-order valence-electron chi connectivity index (χ3n) is 3.50. The van der Waals surface area contributed by atoms with Gasteiger partial charge in [0.05, 0.1) is 6.54 Å². The number of rotatable bonds is 6. The minimum Gasteiger partial charge on any atom is -0.299 e. The zero-order valence-corrected chi connectivity index (χ0v) is 11.0. The van der Waals surface area contributed by atoms with Crippen molar-refractivity contribution < 1.29 is 0 Å². The summed E-state index contributed by atoms with van der Waals surface area (Å²) in [7, 11) is 2.17. The predicted octanol–water partition coefficient (Wildman–Crippen LogP) is 1.71. The first-order chi connectivity index (χ1) is 8.29. The Labute approximate surface area is 103 Å². The molecule has 0 unspecified atom stereocenters. The standard InChI is InChI=1S/C12H23N5/c1-3-8-17-12(13-14-15-17)10-16(2)9-11-6-4-5-7-11/h11H,3-10H2,1-2H3. The van der Waals surface area contributed by atoms with Gasteiger partial charge in [-0.15, -0.1) is 5.10 Å². The molecule has 17 heavy (non-hydrogen) atoms. The normalized spacial score (nSPS) is 17.1. The highest BCUT2D eigenvalue weighted by Gasteiger charge is 2.18. The second-order valence-corrected chi connectivity index (χ2v) is 5.17. The molecule has 96 valence electrons. The Morgan fingerprint density at radius 3 is 2.82 bits per heavy atom. The Kier molecular flexibility index (Phi) is 4.48. The zero-order chi connectivity index (χ0) is 12.1. The Hall–Kier alpha value is -0.970. The second-order valence-electron chi connectivity index (χ2n) is 5.17. The van der Waals surface area contributed by atoms with E-state index in [9.17, 15) is 0 Å². The van der Waals surface area contributed by atoms with Crippen molar-refractivity contribution in [1.29, 1.82) is 0 Å². The Balaban J connectivity index is 1.83. The van der Waals surface area contributed by atoms with Crippen molar-refractivity contribution in [2.45, 2.75) is 52.1 Å². The first-order valence-electron chi connectivity index (χ1n) is 6.73. The summed E-state index contributed by atoms with van der Waals surface area (Å²) in [4.78, 5) is 2.36. The molecule has 0 saturated heterocycles. The van der Waals surface area contributed by atoms with E-state index in [2.05, 4.69) is 34.4 Å². The van der Waals surface area contributed by atoms with Crippen molar-refractivity contribution in [3.8, 4) is 0 Å². The van der Waals surface area contributed by atoms with Crippen molar-refractivity contribution >= 4 is 0 Å². The van der Waals surface area contributed by atoms with E-state index in [1.54, 1.807) is 0 Å². The van der Waals surface area contributed by atoms with E-state index >= 15 is 0 Å². The molecule has 0 aromatic carbocycles. The van der Waals surface area contributed by atoms with Gasteiger partial charge >= 0.3 is 0 Å². The van der Waals surface area contributed by atoms with E-state index in [0.717, 1.165) is 31.3 Å². The smallest absolute Gasteiger partial charge is 0.165 e. The number of aromatic nitrogens is 4. The van der Waals surface area contributed by atoms with Crippen LogP contribution in [-0.4, -0.2) is 38.7 Å². The summed E-state index contributed by atoms with van der Waals surface area (Å²) in [6, 6.07) is 0. The van der Waals surface area contributed by atoms with Crippen LogP contribution in [0.2, 0.25) is 0 Å². The van der Waals surface area contributed by atoms with Crippen molar-refractivity contribution in [3.05, 3.63) is 5.82 Å². The van der Waals surface area contributed by atoms with E-state index in [4.69, 9.17) is 0 Å². The molecule has 1 fully saturated rings. The van der Waals surface area contributed by atoms with E-state index in [-0.39, 0.29) is 0 Å². The molecule has 0 bridgehead atoms. The highest BCUT2D eigenvalue weighted by Crippen LogP contribution is 2.25. The molecule has 1 aromatic heterocycles. The Morgan fingerprint density at radius 1 is 1.35 bits per heavy atom. The highest BCUT2D eigenvalue weighted by atomic mass is 15.5. The van der Waals surface area contributed by atoms with Gasteiger partial charge in [0.25, 0.3) is 0 Å². The van der Waals surface area contributed by atoms with Crippen LogP contribution in [0.3, 0.4) is 0 Å². The van der Waals surface area contributed by atoms with Gasteiger partial charge in [0.1, 0.15) is 0 Å². The quantitative estimate of drug-likeness (QED) is 0.755. The number of aryl methyl sites for hydroxylation is 1. The van der Waals surface area contributed by atoms with Gasteiger partial charge in [-0.05, 0) is 42.7 Å². The molecule has 0 aliphatic heterocycles. The van der Waals surface area contributed by atoms with E-state index in [1.165, 1.54) is 32.2 Å². The van der Waals surface area contributed by atoms with Crippen molar-refractivity contribution in [1.82, 2.24) is 25.1 Å². The molecule has 1 heterocycles. The summed E-state index contributed by atoms with van der Waals surface area (Å²) in [6.45, 7) is 5.11. The SMILES string of the molecule is CCCn1nnnc1CN(C)CC1CCCC1. The van der Waals surface area contributed by atoms with Gasteiger partial charge in [0.2, 0.25) is 0 Å². The summed E-state index contributed by atoms with van der Waals surface area (Å²) in [5, 5.41) is 11.9. The monoisotopic (exact) mass is 237 g/mol. The van der Waals surface area contributed by atoms with Crippen LogP contribution in [-0.2, 0) is 13.1 Å². The van der Waals surface area contributed by atoms with Gasteiger partial charge in [-0.25, -0.2) is 4.68 Å². The third-order valence-corrected chi connectivity index (χ3v) is 3.50. The second kappa shape index (κ2) is 6.10. The van der Waals surface area contributed by atoms with Crippen LogP contribution < -0.4 is 0 Å². The molecular formula is C12H23N5. The molecule has 5 nitrogen and oxygen atoms in total. The number of tetrazole rings is 1. The Morgan fingerprint density at radius 2 is 2.12 bits per heavy atom. The molecule has 0 N–H and O–H groups in total. The lowest BCUT2D eigenvalue weighted by atomic mass is 10.1. The fourth-order valence-electron chi connectivity index (χ4n) is 2.66. The van der Waals surface area contributed by atoms with E-state index in [0.29, 0.717) is 0 Å². The summed E-state index contributed by atoms with van der Waals surface area (Å²) in [5.74, 6) is 1.88. The summed E-state index contributed by atoms with van der Waals surface area (Å²) in [5.41, 5.74) is 0. The van der Waals surface area contributed by atoms with Crippen LogP contribution in [0.1, 0.15) is 44.9 Å². The lowest BCUT2D eigenvalue weighted by Gasteiger charge is -2.19. The van der Waals surface area contributed by atoms with Gasteiger partial charge in [0.15, 0.2) is 5.82 Å². The topological polar surface area (TPSA) is 46.8 Å². The van der Waals surface area contributed by atoms with Crippen LogP contribution in [0.25, 0.3) is 0 Å². The first-order valence-corrected chi connectivity index (χ1v) is 6.73. The fraction of sp³-hybridized carbons (Fsp3) is 0.917. The maximum Gasteiger partial charge on any atom is 0.165 e. The maximum absolute atomic E-state index is 4.11. The largest absolute Gasteiger partial charge is 0.299 e. The molecule has 2 rings (SSSR count).